The number of carbonyl (C=O) groups excluding carboxylic acids is 4. The van der Waals surface area contributed by atoms with Crippen molar-refractivity contribution in [2.45, 2.75) is 57.7 Å². The third-order valence-corrected chi connectivity index (χ3v) is 7.83. The summed E-state index contributed by atoms with van der Waals surface area (Å²) in [5, 5.41) is 5.68. The molecular weight excluding hydrogens is 558 g/mol. The smallest absolute Gasteiger partial charge is 0.262 e. The van der Waals surface area contributed by atoms with E-state index >= 15 is 0 Å². The van der Waals surface area contributed by atoms with E-state index in [1.807, 2.05) is 41.3 Å². The van der Waals surface area contributed by atoms with Crippen molar-refractivity contribution in [2.75, 3.05) is 30.8 Å². The zero-order chi connectivity index (χ0) is 31.1. The van der Waals surface area contributed by atoms with Gasteiger partial charge in [-0.25, -0.2) is 0 Å². The van der Waals surface area contributed by atoms with E-state index in [-0.39, 0.29) is 36.3 Å². The van der Waals surface area contributed by atoms with Gasteiger partial charge in [-0.2, -0.15) is 0 Å². The van der Waals surface area contributed by atoms with Crippen LogP contribution >= 0.6 is 0 Å². The van der Waals surface area contributed by atoms with Gasteiger partial charge in [0.05, 0.1) is 5.69 Å². The molecule has 0 atom stereocenters. The van der Waals surface area contributed by atoms with E-state index in [2.05, 4.69) is 10.6 Å². The molecule has 2 aliphatic rings. The van der Waals surface area contributed by atoms with Crippen LogP contribution in [0.5, 0.6) is 5.75 Å². The normalized spacial score (nSPS) is 13.7. The van der Waals surface area contributed by atoms with Crippen LogP contribution < -0.4 is 21.1 Å². The quantitative estimate of drug-likeness (QED) is 0.248. The van der Waals surface area contributed by atoms with Crippen LogP contribution in [0.25, 0.3) is 0 Å². The maximum absolute atomic E-state index is 13.4. The monoisotopic (exact) mass is 597 g/mol. The molecule has 3 aromatic rings. The van der Waals surface area contributed by atoms with Gasteiger partial charge in [0, 0.05) is 49.4 Å². The summed E-state index contributed by atoms with van der Waals surface area (Å²) in [4.78, 5) is 53.8. The average molecular weight is 598 g/mol. The Morgan fingerprint density at radius 1 is 0.909 bits per heavy atom. The van der Waals surface area contributed by atoms with Gasteiger partial charge >= 0.3 is 0 Å². The number of ether oxygens (including phenoxy) is 1. The molecule has 44 heavy (non-hydrogen) atoms. The van der Waals surface area contributed by atoms with Crippen molar-refractivity contribution < 1.29 is 23.9 Å². The summed E-state index contributed by atoms with van der Waals surface area (Å²) in [7, 11) is 1.79. The first-order valence-electron chi connectivity index (χ1n) is 15.1. The summed E-state index contributed by atoms with van der Waals surface area (Å²) in [5.41, 5.74) is 9.67. The molecule has 0 radical (unpaired) electrons. The standard InChI is InChI=1S/C34H39N5O5/c1-38(32(41)5-3-2-4-18-35)20-23-6-10-25(11-7-23)33(42)36-27-13-8-24(9-14-27)21-39(28-15-16-28)34(43)26-12-17-29-30(19-26)44-22-31(40)37-29/h6-14,17,19,28H,2-5,15-16,18,20-22,35H2,1H3,(H,36,42)(H,37,40). The Hall–Kier alpha value is -4.70. The summed E-state index contributed by atoms with van der Waals surface area (Å²) < 4.78 is 5.49. The molecule has 0 aromatic heterocycles. The van der Waals surface area contributed by atoms with E-state index < -0.39 is 0 Å². The molecule has 4 N–H and O–H groups in total. The molecule has 10 nitrogen and oxygen atoms in total. The summed E-state index contributed by atoms with van der Waals surface area (Å²) in [6.45, 7) is 1.51. The molecule has 1 saturated carbocycles. The second kappa shape index (κ2) is 14.2. The van der Waals surface area contributed by atoms with Gasteiger partial charge in [-0.3, -0.25) is 19.2 Å². The Labute approximate surface area is 257 Å². The van der Waals surface area contributed by atoms with Gasteiger partial charge in [-0.1, -0.05) is 30.7 Å². The van der Waals surface area contributed by atoms with Crippen molar-refractivity contribution in [3.63, 3.8) is 0 Å². The van der Waals surface area contributed by atoms with E-state index in [1.54, 1.807) is 42.3 Å². The van der Waals surface area contributed by atoms with Crippen LogP contribution in [0.4, 0.5) is 11.4 Å². The number of amides is 4. The van der Waals surface area contributed by atoms with Crippen molar-refractivity contribution >= 4 is 35.0 Å². The first-order chi connectivity index (χ1) is 21.3. The van der Waals surface area contributed by atoms with Crippen LogP contribution in [-0.4, -0.2) is 59.7 Å². The highest BCUT2D eigenvalue weighted by Crippen LogP contribution is 2.33. The van der Waals surface area contributed by atoms with Crippen molar-refractivity contribution in [1.82, 2.24) is 9.80 Å². The van der Waals surface area contributed by atoms with Crippen LogP contribution in [0.15, 0.2) is 66.7 Å². The van der Waals surface area contributed by atoms with Gasteiger partial charge < -0.3 is 30.9 Å². The molecule has 1 fully saturated rings. The third-order valence-electron chi connectivity index (χ3n) is 7.83. The van der Waals surface area contributed by atoms with Crippen molar-refractivity contribution in [2.24, 2.45) is 5.73 Å². The summed E-state index contributed by atoms with van der Waals surface area (Å²) in [6, 6.07) is 20.0. The van der Waals surface area contributed by atoms with E-state index in [0.717, 1.165) is 43.2 Å². The first kappa shape index (κ1) is 30.7. The maximum Gasteiger partial charge on any atom is 0.262 e. The number of fused-ring (bicyclic) bond motifs is 1. The lowest BCUT2D eigenvalue weighted by molar-refractivity contribution is -0.130. The molecule has 1 heterocycles. The molecule has 4 amide bonds. The van der Waals surface area contributed by atoms with Gasteiger partial charge in [-0.05, 0) is 85.8 Å². The fourth-order valence-electron chi connectivity index (χ4n) is 5.13. The largest absolute Gasteiger partial charge is 0.482 e. The van der Waals surface area contributed by atoms with Gasteiger partial charge in [-0.15, -0.1) is 0 Å². The average Bonchev–Trinajstić information content (AvgIpc) is 3.88. The third kappa shape index (κ3) is 8.02. The number of nitrogens with two attached hydrogens (primary N) is 1. The minimum Gasteiger partial charge on any atom is -0.482 e. The number of hydrogen-bond acceptors (Lipinski definition) is 6. The fraction of sp³-hybridized carbons (Fsp3) is 0.353. The topological polar surface area (TPSA) is 134 Å². The number of unbranched alkanes of at least 4 members (excludes halogenated alkanes) is 2. The van der Waals surface area contributed by atoms with Gasteiger partial charge in [0.25, 0.3) is 17.7 Å². The predicted octanol–water partition coefficient (Wildman–Crippen LogP) is 4.55. The Morgan fingerprint density at radius 2 is 1.59 bits per heavy atom. The summed E-state index contributed by atoms with van der Waals surface area (Å²) in [5.74, 6) is 0.0604. The van der Waals surface area contributed by atoms with E-state index in [9.17, 15) is 19.2 Å². The number of hydrogen-bond donors (Lipinski definition) is 3. The predicted molar refractivity (Wildman–Crippen MR) is 168 cm³/mol. The Kier molecular flexibility index (Phi) is 9.91. The highest BCUT2D eigenvalue weighted by Gasteiger charge is 2.33. The molecule has 1 aliphatic heterocycles. The van der Waals surface area contributed by atoms with Crippen LogP contribution in [0.3, 0.4) is 0 Å². The van der Waals surface area contributed by atoms with Crippen molar-refractivity contribution in [3.8, 4) is 5.75 Å². The number of anilines is 2. The summed E-state index contributed by atoms with van der Waals surface area (Å²) in [6.07, 6.45) is 5.15. The fourth-order valence-corrected chi connectivity index (χ4v) is 5.13. The van der Waals surface area contributed by atoms with Crippen LogP contribution in [-0.2, 0) is 22.7 Å². The number of nitrogens with zero attached hydrogens (tertiary/aromatic N) is 2. The van der Waals surface area contributed by atoms with Gasteiger partial charge in [0.2, 0.25) is 5.91 Å². The zero-order valence-corrected chi connectivity index (χ0v) is 25.0. The second-order valence-electron chi connectivity index (χ2n) is 11.4. The lowest BCUT2D eigenvalue weighted by Gasteiger charge is -2.24. The van der Waals surface area contributed by atoms with Crippen LogP contribution in [0.2, 0.25) is 0 Å². The molecule has 1 aliphatic carbocycles. The van der Waals surface area contributed by atoms with E-state index in [1.165, 1.54) is 0 Å². The molecule has 0 bridgehead atoms. The van der Waals surface area contributed by atoms with Crippen molar-refractivity contribution in [3.05, 3.63) is 89.0 Å². The molecule has 10 heteroatoms. The molecule has 0 unspecified atom stereocenters. The molecule has 3 aromatic carbocycles. The Bertz CT molecular complexity index is 1500. The minimum atomic E-state index is -0.228. The highest BCUT2D eigenvalue weighted by molar-refractivity contribution is 6.04. The molecular formula is C34H39N5O5. The Morgan fingerprint density at radius 3 is 2.30 bits per heavy atom. The van der Waals surface area contributed by atoms with E-state index in [4.69, 9.17) is 10.5 Å². The highest BCUT2D eigenvalue weighted by atomic mass is 16.5. The SMILES string of the molecule is CN(Cc1ccc(C(=O)Nc2ccc(CN(C(=O)c3ccc4c(c3)OCC(=O)N4)C3CC3)cc2)cc1)C(=O)CCCCCN. The first-order valence-corrected chi connectivity index (χ1v) is 15.1. The second-order valence-corrected chi connectivity index (χ2v) is 11.4. The number of benzene rings is 3. The van der Waals surface area contributed by atoms with Crippen molar-refractivity contribution in [1.29, 1.82) is 0 Å². The van der Waals surface area contributed by atoms with Crippen LogP contribution in [0.1, 0.15) is 70.4 Å². The van der Waals surface area contributed by atoms with Crippen LogP contribution in [0, 0.1) is 0 Å². The lowest BCUT2D eigenvalue weighted by Crippen LogP contribution is -2.33. The lowest BCUT2D eigenvalue weighted by atomic mass is 10.1. The van der Waals surface area contributed by atoms with Gasteiger partial charge in [0.15, 0.2) is 6.61 Å². The molecule has 230 valence electrons. The zero-order valence-electron chi connectivity index (χ0n) is 25.0. The molecule has 0 saturated heterocycles. The van der Waals surface area contributed by atoms with Gasteiger partial charge in [0.1, 0.15) is 5.75 Å². The number of nitrogens with one attached hydrogen (secondary N) is 2. The summed E-state index contributed by atoms with van der Waals surface area (Å²) >= 11 is 0. The molecule has 5 rings (SSSR count). The number of carbonyl (C=O) groups is 4. The number of rotatable bonds is 13. The van der Waals surface area contributed by atoms with E-state index in [0.29, 0.717) is 54.3 Å². The molecule has 0 spiro atoms. The maximum atomic E-state index is 13.4. The minimum absolute atomic E-state index is 0.0680. The Balaban J connectivity index is 1.14.